The molecule has 5 nitrogen and oxygen atoms in total. The molecule has 3 N–H and O–H groups in total. The number of nitrogens with one attached hydrogen (secondary N) is 1. The summed E-state index contributed by atoms with van der Waals surface area (Å²) in [6.45, 7) is 0.193. The summed E-state index contributed by atoms with van der Waals surface area (Å²) in [5.41, 5.74) is 6.38. The molecule has 0 bridgehead atoms. The minimum atomic E-state index is -2.92. The van der Waals surface area contributed by atoms with Crippen LogP contribution in [0.15, 0.2) is 16.9 Å². The zero-order chi connectivity index (χ0) is 11.8. The Morgan fingerprint density at radius 1 is 1.44 bits per heavy atom. The van der Waals surface area contributed by atoms with Crippen molar-refractivity contribution >= 4 is 9.84 Å². The van der Waals surface area contributed by atoms with Crippen LogP contribution in [0.3, 0.4) is 0 Å². The van der Waals surface area contributed by atoms with E-state index in [1.165, 1.54) is 0 Å². The van der Waals surface area contributed by atoms with Crippen LogP contribution in [-0.2, 0) is 16.4 Å². The summed E-state index contributed by atoms with van der Waals surface area (Å²) < 4.78 is 22.6. The Morgan fingerprint density at radius 3 is 2.69 bits per heavy atom. The maximum Gasteiger partial charge on any atom is 0.252 e. The summed E-state index contributed by atoms with van der Waals surface area (Å²) in [4.78, 5) is 14.2. The van der Waals surface area contributed by atoms with Crippen molar-refractivity contribution in [2.24, 2.45) is 5.73 Å². The first-order chi connectivity index (χ1) is 7.52. The second kappa shape index (κ2) is 4.03. The van der Waals surface area contributed by atoms with Gasteiger partial charge in [-0.3, -0.25) is 4.79 Å². The van der Waals surface area contributed by atoms with Crippen LogP contribution in [0.1, 0.15) is 23.6 Å². The third-order valence-corrected chi connectivity index (χ3v) is 4.67. The van der Waals surface area contributed by atoms with Gasteiger partial charge in [0.2, 0.25) is 0 Å². The molecule has 1 atom stereocenters. The molecule has 1 aliphatic rings. The zero-order valence-corrected chi connectivity index (χ0v) is 9.59. The standard InChI is InChI=1S/C10H14N2O3S/c11-5-7-1-2-9(12-10(7)13)8-3-4-16(14,15)6-8/h1-2,8H,3-6,11H2,(H,12,13). The van der Waals surface area contributed by atoms with Gasteiger partial charge in [-0.2, -0.15) is 0 Å². The van der Waals surface area contributed by atoms with Crippen LogP contribution in [0.25, 0.3) is 0 Å². The third-order valence-electron chi connectivity index (χ3n) is 2.91. The molecule has 1 aliphatic heterocycles. The van der Waals surface area contributed by atoms with Crippen molar-refractivity contribution < 1.29 is 8.42 Å². The molecular formula is C10H14N2O3S. The van der Waals surface area contributed by atoms with E-state index in [1.807, 2.05) is 0 Å². The smallest absolute Gasteiger partial charge is 0.252 e. The number of aromatic nitrogens is 1. The van der Waals surface area contributed by atoms with Crippen molar-refractivity contribution in [3.63, 3.8) is 0 Å². The second-order valence-corrected chi connectivity index (χ2v) is 6.30. The van der Waals surface area contributed by atoms with E-state index in [2.05, 4.69) is 4.98 Å². The summed E-state index contributed by atoms with van der Waals surface area (Å²) in [6, 6.07) is 3.42. The molecule has 0 aromatic carbocycles. The van der Waals surface area contributed by atoms with E-state index < -0.39 is 9.84 Å². The highest BCUT2D eigenvalue weighted by Gasteiger charge is 2.29. The first-order valence-electron chi connectivity index (χ1n) is 5.14. The fraction of sp³-hybridized carbons (Fsp3) is 0.500. The predicted molar refractivity (Wildman–Crippen MR) is 61.0 cm³/mol. The number of H-pyrrole nitrogens is 1. The van der Waals surface area contributed by atoms with Gasteiger partial charge in [0.05, 0.1) is 11.5 Å². The number of hydrogen-bond donors (Lipinski definition) is 2. The third kappa shape index (κ3) is 2.17. The predicted octanol–water partition coefficient (Wildman–Crippen LogP) is -0.264. The van der Waals surface area contributed by atoms with Gasteiger partial charge >= 0.3 is 0 Å². The molecule has 1 aromatic rings. The SMILES string of the molecule is NCc1ccc(C2CCS(=O)(=O)C2)[nH]c1=O. The van der Waals surface area contributed by atoms with Crippen LogP contribution >= 0.6 is 0 Å². The van der Waals surface area contributed by atoms with Crippen molar-refractivity contribution in [1.29, 1.82) is 0 Å². The van der Waals surface area contributed by atoms with Crippen molar-refractivity contribution in [2.45, 2.75) is 18.9 Å². The number of aromatic amines is 1. The molecule has 0 aliphatic carbocycles. The number of rotatable bonds is 2. The molecule has 16 heavy (non-hydrogen) atoms. The van der Waals surface area contributed by atoms with Crippen LogP contribution in [0.2, 0.25) is 0 Å². The van der Waals surface area contributed by atoms with Crippen molar-refractivity contribution in [1.82, 2.24) is 4.98 Å². The van der Waals surface area contributed by atoms with Crippen molar-refractivity contribution in [2.75, 3.05) is 11.5 Å². The Bertz CT molecular complexity index is 547. The molecule has 1 aromatic heterocycles. The quantitative estimate of drug-likeness (QED) is 0.747. The number of hydrogen-bond acceptors (Lipinski definition) is 4. The molecule has 0 radical (unpaired) electrons. The van der Waals surface area contributed by atoms with Crippen LogP contribution in [-0.4, -0.2) is 24.9 Å². The summed E-state index contributed by atoms with van der Waals surface area (Å²) in [5.74, 6) is 0.257. The summed E-state index contributed by atoms with van der Waals surface area (Å²) in [6.07, 6.45) is 0.584. The minimum Gasteiger partial charge on any atom is -0.326 e. The lowest BCUT2D eigenvalue weighted by Crippen LogP contribution is -2.18. The fourth-order valence-electron chi connectivity index (χ4n) is 1.96. The van der Waals surface area contributed by atoms with Gasteiger partial charge in [-0.25, -0.2) is 8.42 Å². The van der Waals surface area contributed by atoms with E-state index in [9.17, 15) is 13.2 Å². The normalized spacial score (nSPS) is 23.4. The molecule has 1 saturated heterocycles. The van der Waals surface area contributed by atoms with Gasteiger partial charge in [0.25, 0.3) is 5.56 Å². The molecule has 2 heterocycles. The van der Waals surface area contributed by atoms with Gasteiger partial charge in [-0.05, 0) is 12.5 Å². The highest BCUT2D eigenvalue weighted by Crippen LogP contribution is 2.26. The van der Waals surface area contributed by atoms with Crippen molar-refractivity contribution in [3.05, 3.63) is 33.7 Å². The lowest BCUT2D eigenvalue weighted by atomic mass is 10.0. The van der Waals surface area contributed by atoms with E-state index >= 15 is 0 Å². The average Bonchev–Trinajstić information content (AvgIpc) is 2.59. The van der Waals surface area contributed by atoms with Crippen LogP contribution in [0.4, 0.5) is 0 Å². The summed E-state index contributed by atoms with van der Waals surface area (Å²) in [5, 5.41) is 0. The Morgan fingerprint density at radius 2 is 2.19 bits per heavy atom. The fourth-order valence-corrected chi connectivity index (χ4v) is 3.73. The zero-order valence-electron chi connectivity index (χ0n) is 8.77. The maximum absolute atomic E-state index is 11.5. The summed E-state index contributed by atoms with van der Waals surface area (Å²) >= 11 is 0. The highest BCUT2D eigenvalue weighted by atomic mass is 32.2. The monoisotopic (exact) mass is 242 g/mol. The van der Waals surface area contributed by atoms with Gasteiger partial charge in [0.15, 0.2) is 9.84 Å². The average molecular weight is 242 g/mol. The molecule has 1 fully saturated rings. The van der Waals surface area contributed by atoms with E-state index in [4.69, 9.17) is 5.73 Å². The van der Waals surface area contributed by atoms with Gasteiger partial charge in [-0.1, -0.05) is 6.07 Å². The molecule has 0 saturated carbocycles. The van der Waals surface area contributed by atoms with E-state index in [-0.39, 0.29) is 29.5 Å². The Kier molecular flexibility index (Phi) is 2.86. The Hall–Kier alpha value is -1.14. The van der Waals surface area contributed by atoms with E-state index in [0.717, 1.165) is 0 Å². The second-order valence-electron chi connectivity index (χ2n) is 4.07. The van der Waals surface area contributed by atoms with Gasteiger partial charge in [-0.15, -0.1) is 0 Å². The topological polar surface area (TPSA) is 93.0 Å². The molecule has 0 spiro atoms. The lowest BCUT2D eigenvalue weighted by molar-refractivity contribution is 0.601. The number of nitrogens with two attached hydrogens (primary N) is 1. The largest absolute Gasteiger partial charge is 0.326 e. The van der Waals surface area contributed by atoms with E-state index in [1.54, 1.807) is 12.1 Å². The lowest BCUT2D eigenvalue weighted by Gasteiger charge is -2.08. The van der Waals surface area contributed by atoms with Gasteiger partial charge in [0, 0.05) is 23.7 Å². The Labute approximate surface area is 93.6 Å². The van der Waals surface area contributed by atoms with Crippen LogP contribution in [0, 0.1) is 0 Å². The molecule has 88 valence electrons. The first kappa shape index (κ1) is 11.3. The molecular weight excluding hydrogens is 228 g/mol. The van der Waals surface area contributed by atoms with Gasteiger partial charge < -0.3 is 10.7 Å². The van der Waals surface area contributed by atoms with Crippen LogP contribution in [0.5, 0.6) is 0 Å². The van der Waals surface area contributed by atoms with Crippen molar-refractivity contribution in [3.8, 4) is 0 Å². The number of pyridine rings is 1. The van der Waals surface area contributed by atoms with E-state index in [0.29, 0.717) is 17.7 Å². The Balaban J connectivity index is 2.30. The maximum atomic E-state index is 11.5. The first-order valence-corrected chi connectivity index (χ1v) is 6.96. The molecule has 1 unspecified atom stereocenters. The molecule has 2 rings (SSSR count). The van der Waals surface area contributed by atoms with Crippen LogP contribution < -0.4 is 11.3 Å². The highest BCUT2D eigenvalue weighted by molar-refractivity contribution is 7.91. The molecule has 6 heteroatoms. The number of sulfone groups is 1. The molecule has 0 amide bonds. The summed E-state index contributed by atoms with van der Waals surface area (Å²) in [7, 11) is -2.92. The minimum absolute atomic E-state index is 0.0791. The van der Waals surface area contributed by atoms with Gasteiger partial charge in [0.1, 0.15) is 0 Å².